The van der Waals surface area contributed by atoms with E-state index in [1.165, 1.54) is 24.1 Å². The molecule has 1 heterocycles. The van der Waals surface area contributed by atoms with Crippen molar-refractivity contribution in [1.82, 2.24) is 9.55 Å². The van der Waals surface area contributed by atoms with Crippen LogP contribution in [0.4, 0.5) is 15.9 Å². The number of aromatic amines is 1. The average molecular weight is 412 g/mol. The van der Waals surface area contributed by atoms with Crippen LogP contribution in [-0.2, 0) is 17.8 Å². The van der Waals surface area contributed by atoms with Crippen molar-refractivity contribution in [3.8, 4) is 0 Å². The molecule has 3 N–H and O–H groups in total. The molecule has 0 aliphatic carbocycles. The first-order valence-corrected chi connectivity index (χ1v) is 9.15. The molecule has 3 rings (SSSR count). The molecule has 0 fully saturated rings. The number of rotatable bonds is 7. The molecule has 9 heteroatoms. The first kappa shape index (κ1) is 21.0. The lowest BCUT2D eigenvalue weighted by molar-refractivity contribution is 0.0984. The standard InChI is InChI=1S/C21H21FN4O4/c1-30-12-11-25-18(23)17(19(27)24-21(25)29)26(13-14-5-3-2-4-6-14)20(28)15-7-9-16(22)10-8-15/h2-10H,11-13,23H2,1H3,(H,24,27,29). The highest BCUT2D eigenvalue weighted by Crippen LogP contribution is 2.22. The molecule has 1 aromatic heterocycles. The predicted octanol–water partition coefficient (Wildman–Crippen LogP) is 1.75. The minimum atomic E-state index is -0.794. The lowest BCUT2D eigenvalue weighted by atomic mass is 10.1. The Morgan fingerprint density at radius 1 is 1.13 bits per heavy atom. The van der Waals surface area contributed by atoms with Gasteiger partial charge in [0.15, 0.2) is 5.69 Å². The average Bonchev–Trinajstić information content (AvgIpc) is 2.73. The lowest BCUT2D eigenvalue weighted by Crippen LogP contribution is -2.41. The van der Waals surface area contributed by atoms with Crippen molar-refractivity contribution in [2.24, 2.45) is 0 Å². The SMILES string of the molecule is COCCn1c(N)c(N(Cc2ccccc2)C(=O)c2ccc(F)cc2)c(=O)[nH]c1=O. The molecule has 30 heavy (non-hydrogen) atoms. The molecule has 0 saturated carbocycles. The third-order valence-electron chi connectivity index (χ3n) is 4.52. The number of carbonyl (C=O) groups is 1. The maximum absolute atomic E-state index is 13.3. The molecule has 0 saturated heterocycles. The zero-order valence-electron chi connectivity index (χ0n) is 16.3. The van der Waals surface area contributed by atoms with Gasteiger partial charge in [0.25, 0.3) is 11.5 Å². The van der Waals surface area contributed by atoms with Crippen LogP contribution >= 0.6 is 0 Å². The number of methoxy groups -OCH3 is 1. The topological polar surface area (TPSA) is 110 Å². The second-order valence-corrected chi connectivity index (χ2v) is 6.52. The van der Waals surface area contributed by atoms with Crippen molar-refractivity contribution in [3.05, 3.63) is 92.4 Å². The summed E-state index contributed by atoms with van der Waals surface area (Å²) < 4.78 is 19.4. The summed E-state index contributed by atoms with van der Waals surface area (Å²) in [4.78, 5) is 41.5. The quantitative estimate of drug-likeness (QED) is 0.614. The molecule has 0 unspecified atom stereocenters. The fraction of sp³-hybridized carbons (Fsp3) is 0.190. The van der Waals surface area contributed by atoms with Crippen LogP contribution in [0.3, 0.4) is 0 Å². The molecular weight excluding hydrogens is 391 g/mol. The van der Waals surface area contributed by atoms with E-state index in [9.17, 15) is 18.8 Å². The molecule has 3 aromatic rings. The largest absolute Gasteiger partial charge is 0.383 e. The number of anilines is 2. The van der Waals surface area contributed by atoms with E-state index in [2.05, 4.69) is 4.98 Å². The van der Waals surface area contributed by atoms with Crippen LogP contribution in [0.5, 0.6) is 0 Å². The molecule has 156 valence electrons. The first-order valence-electron chi connectivity index (χ1n) is 9.15. The molecule has 0 radical (unpaired) electrons. The van der Waals surface area contributed by atoms with E-state index in [0.717, 1.165) is 22.3 Å². The zero-order chi connectivity index (χ0) is 21.7. The van der Waals surface area contributed by atoms with Crippen LogP contribution in [0, 0.1) is 5.82 Å². The van der Waals surface area contributed by atoms with Crippen molar-refractivity contribution in [2.45, 2.75) is 13.1 Å². The smallest absolute Gasteiger partial charge is 0.330 e. The van der Waals surface area contributed by atoms with Crippen molar-refractivity contribution in [3.63, 3.8) is 0 Å². The number of ether oxygens (including phenoxy) is 1. The van der Waals surface area contributed by atoms with Crippen LogP contribution < -0.4 is 21.9 Å². The number of hydrogen-bond acceptors (Lipinski definition) is 5. The Bertz CT molecular complexity index is 1140. The Morgan fingerprint density at radius 2 is 1.80 bits per heavy atom. The minimum absolute atomic E-state index is 0.0206. The van der Waals surface area contributed by atoms with E-state index in [1.807, 2.05) is 6.07 Å². The number of aromatic nitrogens is 2. The summed E-state index contributed by atoms with van der Waals surface area (Å²) >= 11 is 0. The molecule has 0 spiro atoms. The van der Waals surface area contributed by atoms with Gasteiger partial charge in [-0.05, 0) is 29.8 Å². The first-order chi connectivity index (χ1) is 14.4. The monoisotopic (exact) mass is 412 g/mol. The highest BCUT2D eigenvalue weighted by molar-refractivity contribution is 6.07. The van der Waals surface area contributed by atoms with Crippen molar-refractivity contribution in [1.29, 1.82) is 0 Å². The Morgan fingerprint density at radius 3 is 2.43 bits per heavy atom. The van der Waals surface area contributed by atoms with E-state index in [0.29, 0.717) is 0 Å². The Labute approximate surface area is 171 Å². The number of amides is 1. The molecule has 0 aliphatic heterocycles. The molecule has 0 aliphatic rings. The maximum Gasteiger partial charge on any atom is 0.330 e. The van der Waals surface area contributed by atoms with Gasteiger partial charge in [0.05, 0.1) is 19.7 Å². The maximum atomic E-state index is 13.3. The number of nitrogens with two attached hydrogens (primary N) is 1. The van der Waals surface area contributed by atoms with Gasteiger partial charge >= 0.3 is 5.69 Å². The van der Waals surface area contributed by atoms with Gasteiger partial charge in [-0.1, -0.05) is 30.3 Å². The van der Waals surface area contributed by atoms with E-state index in [-0.39, 0.29) is 36.8 Å². The van der Waals surface area contributed by atoms with Gasteiger partial charge in [0.2, 0.25) is 0 Å². The van der Waals surface area contributed by atoms with Gasteiger partial charge < -0.3 is 10.5 Å². The number of halogens is 1. The predicted molar refractivity (Wildman–Crippen MR) is 111 cm³/mol. The van der Waals surface area contributed by atoms with Crippen LogP contribution in [0.25, 0.3) is 0 Å². The number of benzene rings is 2. The van der Waals surface area contributed by atoms with Gasteiger partial charge in [0, 0.05) is 12.7 Å². The van der Waals surface area contributed by atoms with E-state index in [4.69, 9.17) is 10.5 Å². The minimum Gasteiger partial charge on any atom is -0.383 e. The summed E-state index contributed by atoms with van der Waals surface area (Å²) in [7, 11) is 1.47. The molecule has 0 atom stereocenters. The van der Waals surface area contributed by atoms with Crippen molar-refractivity contribution in [2.75, 3.05) is 24.4 Å². The second kappa shape index (κ2) is 9.19. The van der Waals surface area contributed by atoms with E-state index < -0.39 is 23.0 Å². The summed E-state index contributed by atoms with van der Waals surface area (Å²) in [5, 5.41) is 0. The van der Waals surface area contributed by atoms with Crippen LogP contribution in [0.1, 0.15) is 15.9 Å². The van der Waals surface area contributed by atoms with Gasteiger partial charge in [-0.15, -0.1) is 0 Å². The van der Waals surface area contributed by atoms with Gasteiger partial charge in [-0.25, -0.2) is 9.18 Å². The lowest BCUT2D eigenvalue weighted by Gasteiger charge is -2.25. The van der Waals surface area contributed by atoms with E-state index >= 15 is 0 Å². The number of carbonyl (C=O) groups excluding carboxylic acids is 1. The van der Waals surface area contributed by atoms with Gasteiger partial charge in [-0.2, -0.15) is 0 Å². The molecule has 8 nitrogen and oxygen atoms in total. The highest BCUT2D eigenvalue weighted by atomic mass is 19.1. The summed E-state index contributed by atoms with van der Waals surface area (Å²) in [6.07, 6.45) is 0. The third-order valence-corrected chi connectivity index (χ3v) is 4.52. The Hall–Kier alpha value is -3.72. The fourth-order valence-electron chi connectivity index (χ4n) is 3.01. The number of hydrogen-bond donors (Lipinski definition) is 2. The molecule has 0 bridgehead atoms. The zero-order valence-corrected chi connectivity index (χ0v) is 16.3. The summed E-state index contributed by atoms with van der Waals surface area (Å²) in [5.41, 5.74) is 5.40. The number of nitrogens with one attached hydrogen (secondary N) is 1. The summed E-state index contributed by atoms with van der Waals surface area (Å²) in [6.45, 7) is 0.294. The van der Waals surface area contributed by atoms with Crippen LogP contribution in [-0.4, -0.2) is 29.2 Å². The summed E-state index contributed by atoms with van der Waals surface area (Å²) in [6, 6.07) is 13.9. The molecular formula is C21H21FN4O4. The summed E-state index contributed by atoms with van der Waals surface area (Å²) in [5.74, 6) is -1.22. The van der Waals surface area contributed by atoms with Gasteiger partial charge in [0.1, 0.15) is 11.6 Å². The van der Waals surface area contributed by atoms with Gasteiger partial charge in [-0.3, -0.25) is 24.0 Å². The fourth-order valence-corrected chi connectivity index (χ4v) is 3.01. The second-order valence-electron chi connectivity index (χ2n) is 6.52. The number of nitrogen functional groups attached to an aromatic ring is 1. The van der Waals surface area contributed by atoms with Crippen molar-refractivity contribution < 1.29 is 13.9 Å². The number of H-pyrrole nitrogens is 1. The normalized spacial score (nSPS) is 10.7. The highest BCUT2D eigenvalue weighted by Gasteiger charge is 2.25. The Kier molecular flexibility index (Phi) is 6.43. The Balaban J connectivity index is 2.14. The van der Waals surface area contributed by atoms with Crippen LogP contribution in [0.2, 0.25) is 0 Å². The third kappa shape index (κ3) is 4.47. The molecule has 2 aromatic carbocycles. The molecule has 1 amide bonds. The number of nitrogens with zero attached hydrogens (tertiary/aromatic N) is 2. The van der Waals surface area contributed by atoms with E-state index in [1.54, 1.807) is 24.3 Å². The van der Waals surface area contributed by atoms with Crippen molar-refractivity contribution >= 4 is 17.4 Å². The van der Waals surface area contributed by atoms with Crippen LogP contribution in [0.15, 0.2) is 64.2 Å².